The van der Waals surface area contributed by atoms with Gasteiger partial charge in [0.15, 0.2) is 11.6 Å². The van der Waals surface area contributed by atoms with E-state index in [9.17, 15) is 19.2 Å². The molecule has 4 heterocycles. The largest absolute Gasteiger partial charge is 2.00 e. The number of rotatable bonds is 7. The second-order valence-electron chi connectivity index (χ2n) is 11.1. The zero-order chi connectivity index (χ0) is 40.6. The van der Waals surface area contributed by atoms with E-state index in [1.807, 2.05) is 6.92 Å². The fourth-order valence-electron chi connectivity index (χ4n) is 4.36. The van der Waals surface area contributed by atoms with Crippen molar-refractivity contribution in [2.75, 3.05) is 33.2 Å². The summed E-state index contributed by atoms with van der Waals surface area (Å²) in [5.74, 6) is -1.09. The first-order valence-corrected chi connectivity index (χ1v) is 17.5. The van der Waals surface area contributed by atoms with Crippen molar-refractivity contribution in [2.45, 2.75) is 13.8 Å². The van der Waals surface area contributed by atoms with Gasteiger partial charge in [0, 0.05) is 37.5 Å². The molecule has 4 aromatic heterocycles. The molecule has 316 valence electrons. The molecule has 1 amide bonds. The first-order valence-electron chi connectivity index (χ1n) is 16.4. The molecular weight excluding hydrogens is 946 g/mol. The Kier molecular flexibility index (Phi) is 25.0. The molecule has 8 aromatic rings. The molecule has 0 radical (unpaired) electrons. The second kappa shape index (κ2) is 27.5. The van der Waals surface area contributed by atoms with E-state index in [1.165, 1.54) is 26.2 Å². The number of ketones is 2. The van der Waals surface area contributed by atoms with E-state index >= 15 is 0 Å². The average Bonchev–Trinajstić information content (AvgIpc) is 4.07. The predicted molar refractivity (Wildman–Crippen MR) is 238 cm³/mol. The van der Waals surface area contributed by atoms with E-state index in [0.717, 1.165) is 33.7 Å². The number of H-pyrrole nitrogens is 4. The molecule has 0 spiro atoms. The predicted octanol–water partition coefficient (Wildman–Crippen LogP) is 5.78. The first-order chi connectivity index (χ1) is 27.0. The van der Waals surface area contributed by atoms with Crippen molar-refractivity contribution in [2.24, 2.45) is 0 Å². The van der Waals surface area contributed by atoms with E-state index in [4.69, 9.17) is 9.94 Å². The van der Waals surface area contributed by atoms with Crippen LogP contribution in [0.1, 0.15) is 56.7 Å². The summed E-state index contributed by atoms with van der Waals surface area (Å²) in [6, 6.07) is 20.1. The summed E-state index contributed by atoms with van der Waals surface area (Å²) in [5.41, 5.74) is 7.65. The maximum Gasteiger partial charge on any atom is 2.00 e. The summed E-state index contributed by atoms with van der Waals surface area (Å²) >= 11 is 3.11. The minimum absolute atomic E-state index is 0. The topological polar surface area (TPSA) is 276 Å². The van der Waals surface area contributed by atoms with Gasteiger partial charge in [-0.1, -0.05) is 15.9 Å². The molecule has 24 heteroatoms. The smallest absolute Gasteiger partial charge is 1.00 e. The number of halogens is 3. The summed E-state index contributed by atoms with van der Waals surface area (Å²) < 4.78 is 4.54. The van der Waals surface area contributed by atoms with E-state index in [1.54, 1.807) is 74.8 Å². The number of nitrogens with one attached hydrogen (secondary N) is 4. The molecule has 0 aliphatic carbocycles. The number of hydroxylamine groups is 2. The van der Waals surface area contributed by atoms with E-state index in [2.05, 4.69) is 82.3 Å². The van der Waals surface area contributed by atoms with E-state index in [-0.39, 0.29) is 84.3 Å². The van der Waals surface area contributed by atoms with Crippen LogP contribution in [-0.4, -0.2) is 152 Å². The summed E-state index contributed by atoms with van der Waals surface area (Å²) in [4.78, 5) is 49.2. The van der Waals surface area contributed by atoms with Gasteiger partial charge in [-0.2, -0.15) is 61.6 Å². The summed E-state index contributed by atoms with van der Waals surface area (Å²) in [6.07, 6.45) is 0. The number of benzene rings is 4. The number of methoxy groups -OCH3 is 1. The molecule has 0 aliphatic rings. The van der Waals surface area contributed by atoms with Gasteiger partial charge < -0.3 is 18.7 Å². The number of aromatic carboxylic acids is 1. The maximum atomic E-state index is 11.7. The molecular formula is C36H42Br2ClMgN13O7. The van der Waals surface area contributed by atoms with Gasteiger partial charge in [0.05, 0.1) is 18.0 Å². The zero-order valence-corrected chi connectivity index (χ0v) is 38.7. The fraction of sp³-hybridized carbons (Fsp3) is 0.194. The van der Waals surface area contributed by atoms with Crippen molar-refractivity contribution in [3.05, 3.63) is 102 Å². The van der Waals surface area contributed by atoms with Crippen molar-refractivity contribution in [1.29, 1.82) is 0 Å². The Balaban J connectivity index is 0. The number of carboxylic acid groups (broad SMARTS) is 1. The molecule has 0 bridgehead atoms. The third-order valence-corrected chi connectivity index (χ3v) is 7.97. The number of carbonyl (C=O) groups is 4. The Morgan fingerprint density at radius 1 is 0.650 bits per heavy atom. The number of hydrogen-bond donors (Lipinski definition) is 5. The number of fused-ring (bicyclic) bond motifs is 4. The molecule has 20 nitrogen and oxygen atoms in total. The Labute approximate surface area is 385 Å². The van der Waals surface area contributed by atoms with Gasteiger partial charge in [-0.15, -0.1) is 29.4 Å². The number of nitrogens with zero attached hydrogens (tertiary/aromatic N) is 9. The van der Waals surface area contributed by atoms with Crippen LogP contribution < -0.4 is 0 Å². The third-order valence-electron chi connectivity index (χ3n) is 7.46. The number of hydrogen-bond acceptors (Lipinski definition) is 14. The number of carbonyl (C=O) groups excluding carboxylic acids is 3. The Morgan fingerprint density at radius 3 is 1.32 bits per heavy atom. The van der Waals surface area contributed by atoms with Crippen LogP contribution >= 0.6 is 45.3 Å². The number of aromatic amines is 4. The Morgan fingerprint density at radius 2 is 0.967 bits per heavy atom. The average molecular weight is 988 g/mol. The molecule has 0 saturated heterocycles. The molecule has 4 aromatic carbocycles. The van der Waals surface area contributed by atoms with E-state index < -0.39 is 5.97 Å². The van der Waals surface area contributed by atoms with Crippen molar-refractivity contribution >= 4 is 136 Å². The molecule has 0 unspecified atom stereocenters. The molecule has 0 atom stereocenters. The Bertz CT molecular complexity index is 2490. The van der Waals surface area contributed by atoms with Crippen molar-refractivity contribution in [3.63, 3.8) is 0 Å². The van der Waals surface area contributed by atoms with Crippen LogP contribution in [-0.2, 0) is 9.57 Å². The van der Waals surface area contributed by atoms with Crippen LogP contribution in [0.15, 0.2) is 72.8 Å². The Hall–Kier alpha value is -5.30. The minimum atomic E-state index is -0.958. The third kappa shape index (κ3) is 15.4. The van der Waals surface area contributed by atoms with Crippen molar-refractivity contribution in [3.8, 4) is 0 Å². The molecule has 0 saturated carbocycles. The summed E-state index contributed by atoms with van der Waals surface area (Å²) in [5, 5.41) is 50.9. The second-order valence-corrected chi connectivity index (χ2v) is 11.6. The van der Waals surface area contributed by atoms with Gasteiger partial charge in [0.1, 0.15) is 44.1 Å². The number of aromatic nitrogens is 12. The number of alkyl halides is 1. The van der Waals surface area contributed by atoms with Crippen LogP contribution in [0.4, 0.5) is 0 Å². The standard InChI is InChI=1S/C9H10N4O2.C8H6BrN3O.C8H7N3O.C7H5N3O2.C3H8O.CH3.BrH.ClH.Mg.H/c1-13(15-2)9(14)6-3-4-7-8(5-6)11-12-10-7;9-4-8(13)5-1-2-6-7(3-5)11-12-10-6;1-5(12)6-2-3-7-8(4-6)10-11-9-7;11-7(12)4-1-2-5-6(3-4)9-10-8-5;1-3-4-2;;;;;/h3-5H,1-2H3,(H,10,11,12);1-3H,4H2,(H,10,11,12);2-4H,1H3,(H,9,10,11);1-3H,(H,11,12)(H,8,9,10);3H2,1-2H3;1H3;2*1H;;/q;;;;;-1;;;+2;-1. The molecule has 0 aliphatic heterocycles. The van der Waals surface area contributed by atoms with E-state index in [0.29, 0.717) is 44.1 Å². The minimum Gasteiger partial charge on any atom is -1.00 e. The normalized spacial score (nSPS) is 9.57. The van der Waals surface area contributed by atoms with Gasteiger partial charge in [-0.05, 0) is 86.6 Å². The fourth-order valence-corrected chi connectivity index (χ4v) is 4.69. The molecule has 0 fully saturated rings. The van der Waals surface area contributed by atoms with Gasteiger partial charge in [0.2, 0.25) is 0 Å². The molecule has 5 N–H and O–H groups in total. The van der Waals surface area contributed by atoms with Crippen LogP contribution in [0.3, 0.4) is 0 Å². The van der Waals surface area contributed by atoms with Gasteiger partial charge in [-0.3, -0.25) is 19.2 Å². The number of ether oxygens (including phenoxy) is 1. The van der Waals surface area contributed by atoms with Crippen LogP contribution in [0.25, 0.3) is 44.1 Å². The van der Waals surface area contributed by atoms with Crippen LogP contribution in [0, 0.1) is 7.43 Å². The van der Waals surface area contributed by atoms with Crippen LogP contribution in [0.2, 0.25) is 0 Å². The number of Topliss-reactive ketones (excluding diaryl/α,β-unsaturated/α-hetero) is 2. The zero-order valence-electron chi connectivity index (χ0n) is 34.2. The SMILES string of the molecule is Br.CC(=O)c1ccc2n[nH]nc2c1.CCOC.CON(C)C(=O)c1ccc2n[nH]nc2c1.Cl.O=C(CBr)c1ccc2n[nH]nc2c1.O=C(O)c1ccc2n[nH]nc2c1.[CH3-].[H-].[Mg+2]. The quantitative estimate of drug-likeness (QED) is 0.0416. The number of amides is 1. The van der Waals surface area contributed by atoms with Gasteiger partial charge in [0.25, 0.3) is 5.91 Å². The molecule has 8 rings (SSSR count). The first kappa shape index (κ1) is 54.7. The summed E-state index contributed by atoms with van der Waals surface area (Å²) in [7, 11) is 4.67. The van der Waals surface area contributed by atoms with Crippen LogP contribution in [0.5, 0.6) is 0 Å². The van der Waals surface area contributed by atoms with Gasteiger partial charge in [-0.25, -0.2) is 9.86 Å². The van der Waals surface area contributed by atoms with Crippen molar-refractivity contribution in [1.82, 2.24) is 66.7 Å². The number of carboxylic acids is 1. The van der Waals surface area contributed by atoms with Gasteiger partial charge >= 0.3 is 29.0 Å². The summed E-state index contributed by atoms with van der Waals surface area (Å²) in [6.45, 7) is 4.31. The van der Waals surface area contributed by atoms with Crippen molar-refractivity contribution < 1.29 is 35.3 Å². The monoisotopic (exact) mass is 985 g/mol. The molecule has 60 heavy (non-hydrogen) atoms. The maximum absolute atomic E-state index is 11.7.